The first kappa shape index (κ1) is 18.2. The Morgan fingerprint density at radius 3 is 2.75 bits per heavy atom. The van der Waals surface area contributed by atoms with Crippen LogP contribution in [0.1, 0.15) is 38.8 Å². The van der Waals surface area contributed by atoms with Crippen LogP contribution in [0.2, 0.25) is 0 Å². The molecule has 5 nitrogen and oxygen atoms in total. The first-order valence-electron chi connectivity index (χ1n) is 8.08. The average molecular weight is 337 g/mol. The zero-order chi connectivity index (χ0) is 17.9. The smallest absolute Gasteiger partial charge is 0.407 e. The number of carbonyl (C=O) groups is 2. The summed E-state index contributed by atoms with van der Waals surface area (Å²) in [5.74, 6) is -0.105. The predicted octanol–water partition coefficient (Wildman–Crippen LogP) is 3.03. The largest absolute Gasteiger partial charge is 0.489 e. The van der Waals surface area contributed by atoms with E-state index in [9.17, 15) is 14.0 Å². The molecule has 2 unspecified atom stereocenters. The topological polar surface area (TPSA) is 64.6 Å². The van der Waals surface area contributed by atoms with Crippen LogP contribution in [0.3, 0.4) is 0 Å². The molecule has 0 fully saturated rings. The molecule has 2 atom stereocenters. The quantitative estimate of drug-likeness (QED) is 0.839. The van der Waals surface area contributed by atoms with Crippen molar-refractivity contribution in [2.45, 2.75) is 52.2 Å². The fourth-order valence-electron chi connectivity index (χ4n) is 2.67. The van der Waals surface area contributed by atoms with E-state index < -0.39 is 11.7 Å². The number of carbonyl (C=O) groups excluding carboxylic acids is 2. The molecule has 0 spiro atoms. The number of benzene rings is 1. The van der Waals surface area contributed by atoms with Gasteiger partial charge in [-0.3, -0.25) is 0 Å². The van der Waals surface area contributed by atoms with E-state index >= 15 is 0 Å². The third-order valence-corrected chi connectivity index (χ3v) is 3.67. The summed E-state index contributed by atoms with van der Waals surface area (Å²) in [6.07, 6.45) is 0.982. The predicted molar refractivity (Wildman–Crippen MR) is 87.7 cm³/mol. The molecule has 24 heavy (non-hydrogen) atoms. The van der Waals surface area contributed by atoms with Gasteiger partial charge in [-0.05, 0) is 57.7 Å². The lowest BCUT2D eigenvalue weighted by Gasteiger charge is -2.21. The maximum atomic E-state index is 14.1. The molecule has 132 valence electrons. The van der Waals surface area contributed by atoms with Gasteiger partial charge in [0.05, 0.1) is 6.54 Å². The van der Waals surface area contributed by atoms with Gasteiger partial charge in [0.25, 0.3) is 0 Å². The third kappa shape index (κ3) is 4.94. The maximum absolute atomic E-state index is 14.1. The highest BCUT2D eigenvalue weighted by atomic mass is 19.1. The summed E-state index contributed by atoms with van der Waals surface area (Å²) in [6, 6.07) is 3.10. The van der Waals surface area contributed by atoms with Gasteiger partial charge in [-0.1, -0.05) is 0 Å². The van der Waals surface area contributed by atoms with Crippen LogP contribution in [0.15, 0.2) is 12.1 Å². The van der Waals surface area contributed by atoms with Gasteiger partial charge in [-0.2, -0.15) is 0 Å². The zero-order valence-electron chi connectivity index (χ0n) is 14.5. The van der Waals surface area contributed by atoms with E-state index in [1.165, 1.54) is 6.07 Å². The Morgan fingerprint density at radius 2 is 2.12 bits per heavy atom. The van der Waals surface area contributed by atoms with Crippen molar-refractivity contribution in [2.75, 3.05) is 6.54 Å². The molecular weight excluding hydrogens is 313 g/mol. The van der Waals surface area contributed by atoms with E-state index in [0.29, 0.717) is 24.2 Å². The summed E-state index contributed by atoms with van der Waals surface area (Å²) in [5.41, 5.74) is 0.847. The molecule has 0 radical (unpaired) electrons. The molecule has 0 aromatic heterocycles. The number of halogens is 1. The number of hydrogen-bond donors (Lipinski definition) is 1. The number of hydrogen-bond acceptors (Lipinski definition) is 4. The summed E-state index contributed by atoms with van der Waals surface area (Å²) < 4.78 is 24.9. The van der Waals surface area contributed by atoms with Crippen molar-refractivity contribution in [3.63, 3.8) is 0 Å². The number of ether oxygens (including phenoxy) is 2. The van der Waals surface area contributed by atoms with Gasteiger partial charge >= 0.3 is 6.09 Å². The Bertz CT molecular complexity index is 624. The number of fused-ring (bicyclic) bond motifs is 1. The number of nitrogens with one attached hydrogen (secondary N) is 1. The highest BCUT2D eigenvalue weighted by molar-refractivity contribution is 5.67. The Hall–Kier alpha value is -2.11. The number of amides is 1. The second-order valence-corrected chi connectivity index (χ2v) is 7.16. The van der Waals surface area contributed by atoms with Crippen LogP contribution in [0, 0.1) is 11.7 Å². The number of alkyl carbamates (subject to hydrolysis) is 1. The number of rotatable bonds is 5. The van der Waals surface area contributed by atoms with Crippen molar-refractivity contribution in [1.29, 1.82) is 0 Å². The average Bonchev–Trinajstić information content (AvgIpc) is 2.87. The Morgan fingerprint density at radius 1 is 1.42 bits per heavy atom. The van der Waals surface area contributed by atoms with Crippen LogP contribution in [0.5, 0.6) is 5.75 Å². The number of aldehydes is 1. The molecule has 0 saturated heterocycles. The highest BCUT2D eigenvalue weighted by Gasteiger charge is 2.25. The van der Waals surface area contributed by atoms with Gasteiger partial charge < -0.3 is 19.6 Å². The monoisotopic (exact) mass is 337 g/mol. The minimum Gasteiger partial charge on any atom is -0.489 e. The fraction of sp³-hybridized carbons (Fsp3) is 0.556. The SMILES string of the molecule is CC(CNC(=O)OC(C)(C)C)Oc1cc(F)c2c(c1)CC(C=O)C2. The van der Waals surface area contributed by atoms with Crippen molar-refractivity contribution in [3.05, 3.63) is 29.1 Å². The van der Waals surface area contributed by atoms with E-state index in [1.807, 2.05) is 0 Å². The molecule has 1 amide bonds. The standard InChI is InChI=1S/C18H24FNO4/c1-11(9-20-17(22)24-18(2,3)4)23-14-7-13-5-12(10-21)6-15(13)16(19)8-14/h7-8,10-12H,5-6,9H2,1-4H3,(H,20,22). The van der Waals surface area contributed by atoms with Crippen LogP contribution in [-0.2, 0) is 22.4 Å². The Labute approximate surface area is 141 Å². The minimum atomic E-state index is -0.563. The van der Waals surface area contributed by atoms with Gasteiger partial charge in [-0.25, -0.2) is 9.18 Å². The fourth-order valence-corrected chi connectivity index (χ4v) is 2.67. The zero-order valence-corrected chi connectivity index (χ0v) is 14.5. The van der Waals surface area contributed by atoms with Crippen molar-refractivity contribution in [3.8, 4) is 5.75 Å². The molecule has 0 bridgehead atoms. The van der Waals surface area contributed by atoms with Crippen LogP contribution in [0.4, 0.5) is 9.18 Å². The first-order chi connectivity index (χ1) is 11.2. The Balaban J connectivity index is 1.91. The van der Waals surface area contributed by atoms with Gasteiger partial charge in [0.1, 0.15) is 29.6 Å². The normalized spacial score (nSPS) is 17.8. The minimum absolute atomic E-state index is 0.156. The van der Waals surface area contributed by atoms with E-state index in [-0.39, 0.29) is 24.4 Å². The Kier molecular flexibility index (Phi) is 5.47. The molecule has 1 aliphatic carbocycles. The second kappa shape index (κ2) is 7.20. The van der Waals surface area contributed by atoms with Crippen molar-refractivity contribution in [1.82, 2.24) is 5.32 Å². The van der Waals surface area contributed by atoms with Gasteiger partial charge in [0, 0.05) is 12.0 Å². The van der Waals surface area contributed by atoms with Crippen LogP contribution >= 0.6 is 0 Å². The molecule has 0 saturated carbocycles. The molecule has 0 aliphatic heterocycles. The summed E-state index contributed by atoms with van der Waals surface area (Å²) >= 11 is 0. The van der Waals surface area contributed by atoms with E-state index in [1.54, 1.807) is 33.8 Å². The van der Waals surface area contributed by atoms with Gasteiger partial charge in [0.2, 0.25) is 0 Å². The molecule has 1 N–H and O–H groups in total. The molecule has 0 heterocycles. The molecule has 1 aromatic rings. The highest BCUT2D eigenvalue weighted by Crippen LogP contribution is 2.31. The lowest BCUT2D eigenvalue weighted by molar-refractivity contribution is -0.110. The summed E-state index contributed by atoms with van der Waals surface area (Å²) in [7, 11) is 0. The molecule has 1 aliphatic rings. The van der Waals surface area contributed by atoms with Crippen LogP contribution < -0.4 is 10.1 Å². The first-order valence-corrected chi connectivity index (χ1v) is 8.08. The lowest BCUT2D eigenvalue weighted by atomic mass is 10.1. The molecular formula is C18H24FNO4. The van der Waals surface area contributed by atoms with Crippen LogP contribution in [0.25, 0.3) is 0 Å². The second-order valence-electron chi connectivity index (χ2n) is 7.16. The van der Waals surface area contributed by atoms with E-state index in [4.69, 9.17) is 9.47 Å². The molecule has 6 heteroatoms. The summed E-state index contributed by atoms with van der Waals surface area (Å²) in [5, 5.41) is 2.62. The summed E-state index contributed by atoms with van der Waals surface area (Å²) in [6.45, 7) is 7.37. The van der Waals surface area contributed by atoms with Gasteiger partial charge in [0.15, 0.2) is 0 Å². The lowest BCUT2D eigenvalue weighted by Crippen LogP contribution is -2.37. The molecule has 1 aromatic carbocycles. The van der Waals surface area contributed by atoms with Crippen LogP contribution in [-0.4, -0.2) is 30.6 Å². The van der Waals surface area contributed by atoms with Crippen molar-refractivity contribution in [2.24, 2.45) is 5.92 Å². The maximum Gasteiger partial charge on any atom is 0.407 e. The van der Waals surface area contributed by atoms with Crippen molar-refractivity contribution < 1.29 is 23.5 Å². The van der Waals surface area contributed by atoms with Crippen molar-refractivity contribution >= 4 is 12.4 Å². The third-order valence-electron chi connectivity index (χ3n) is 3.67. The summed E-state index contributed by atoms with van der Waals surface area (Å²) in [4.78, 5) is 22.5. The van der Waals surface area contributed by atoms with E-state index in [2.05, 4.69) is 5.32 Å². The molecule has 2 rings (SSSR count). The van der Waals surface area contributed by atoms with Gasteiger partial charge in [-0.15, -0.1) is 0 Å². The van der Waals surface area contributed by atoms with E-state index in [0.717, 1.165) is 11.8 Å².